The molecule has 0 saturated carbocycles. The maximum absolute atomic E-state index is 12.7. The van der Waals surface area contributed by atoms with Gasteiger partial charge in [-0.2, -0.15) is 4.31 Å². The molecular formula is C16H24N2O5S. The summed E-state index contributed by atoms with van der Waals surface area (Å²) < 4.78 is 36.7. The van der Waals surface area contributed by atoms with Gasteiger partial charge in [0.05, 0.1) is 25.7 Å². The van der Waals surface area contributed by atoms with E-state index in [0.717, 1.165) is 23.6 Å². The lowest BCUT2D eigenvalue weighted by atomic mass is 10.1. The summed E-state index contributed by atoms with van der Waals surface area (Å²) in [6.45, 7) is 1.23. The molecule has 0 atom stereocenters. The summed E-state index contributed by atoms with van der Waals surface area (Å²) in [5.41, 5.74) is 0. The number of ether oxygens (including phenoxy) is 2. The van der Waals surface area contributed by atoms with Crippen LogP contribution in [-0.2, 0) is 14.8 Å². The van der Waals surface area contributed by atoms with Crippen LogP contribution in [0.5, 0.6) is 11.5 Å². The number of nitrogens with zero attached hydrogens (tertiary/aromatic N) is 2. The van der Waals surface area contributed by atoms with Gasteiger partial charge in [0.1, 0.15) is 0 Å². The molecule has 1 saturated heterocycles. The van der Waals surface area contributed by atoms with Gasteiger partial charge in [0.25, 0.3) is 0 Å². The first-order chi connectivity index (χ1) is 11.4. The van der Waals surface area contributed by atoms with Crippen LogP contribution >= 0.6 is 0 Å². The van der Waals surface area contributed by atoms with Gasteiger partial charge in [-0.25, -0.2) is 8.42 Å². The second-order valence-corrected chi connectivity index (χ2v) is 7.76. The molecule has 24 heavy (non-hydrogen) atoms. The van der Waals surface area contributed by atoms with Crippen LogP contribution in [0.25, 0.3) is 0 Å². The largest absolute Gasteiger partial charge is 0.493 e. The molecule has 1 amide bonds. The zero-order valence-electron chi connectivity index (χ0n) is 14.3. The van der Waals surface area contributed by atoms with Gasteiger partial charge < -0.3 is 14.4 Å². The number of rotatable bonds is 6. The van der Waals surface area contributed by atoms with E-state index >= 15 is 0 Å². The summed E-state index contributed by atoms with van der Waals surface area (Å²) in [6, 6.07) is 4.38. The Kier molecular flexibility index (Phi) is 6.06. The third-order valence-corrected chi connectivity index (χ3v) is 5.93. The number of hydrogen-bond acceptors (Lipinski definition) is 5. The van der Waals surface area contributed by atoms with Crippen molar-refractivity contribution in [3.05, 3.63) is 18.2 Å². The number of piperidine rings is 1. The summed E-state index contributed by atoms with van der Waals surface area (Å²) in [4.78, 5) is 14.1. The van der Waals surface area contributed by atoms with Crippen LogP contribution in [0.2, 0.25) is 0 Å². The van der Waals surface area contributed by atoms with Crippen LogP contribution in [0.4, 0.5) is 0 Å². The molecule has 8 heteroatoms. The Balaban J connectivity index is 2.15. The summed E-state index contributed by atoms with van der Waals surface area (Å²) >= 11 is 0. The lowest BCUT2D eigenvalue weighted by Crippen LogP contribution is -2.43. The molecule has 1 heterocycles. The monoisotopic (exact) mass is 356 g/mol. The summed E-state index contributed by atoms with van der Waals surface area (Å²) in [5.74, 6) is 0.610. The highest BCUT2D eigenvalue weighted by molar-refractivity contribution is 7.89. The Hall–Kier alpha value is -1.80. The van der Waals surface area contributed by atoms with Crippen molar-refractivity contribution in [1.29, 1.82) is 0 Å². The fourth-order valence-electron chi connectivity index (χ4n) is 2.68. The van der Waals surface area contributed by atoms with Crippen molar-refractivity contribution >= 4 is 15.9 Å². The van der Waals surface area contributed by atoms with Gasteiger partial charge >= 0.3 is 0 Å². The molecule has 7 nitrogen and oxygen atoms in total. The molecule has 0 spiro atoms. The van der Waals surface area contributed by atoms with E-state index in [1.54, 1.807) is 4.90 Å². The van der Waals surface area contributed by atoms with Gasteiger partial charge in [-0.15, -0.1) is 0 Å². The number of sulfonamides is 1. The first-order valence-electron chi connectivity index (χ1n) is 7.86. The predicted octanol–water partition coefficient (Wildman–Crippen LogP) is 1.34. The molecular weight excluding hydrogens is 332 g/mol. The molecule has 0 radical (unpaired) electrons. The van der Waals surface area contributed by atoms with E-state index in [-0.39, 0.29) is 17.3 Å². The van der Waals surface area contributed by atoms with Crippen LogP contribution in [0.15, 0.2) is 23.1 Å². The minimum absolute atomic E-state index is 0.0640. The maximum Gasteiger partial charge on any atom is 0.243 e. The highest BCUT2D eigenvalue weighted by Crippen LogP contribution is 2.30. The molecule has 1 aliphatic rings. The number of likely N-dealkylation sites (N-methyl/N-ethyl adjacent to an activating group) is 1. The number of methoxy groups -OCH3 is 2. The van der Waals surface area contributed by atoms with E-state index < -0.39 is 10.0 Å². The second-order valence-electron chi connectivity index (χ2n) is 5.72. The van der Waals surface area contributed by atoms with E-state index in [9.17, 15) is 13.2 Å². The Morgan fingerprint density at radius 1 is 1.12 bits per heavy atom. The van der Waals surface area contributed by atoms with Crippen LogP contribution in [0.3, 0.4) is 0 Å². The number of benzene rings is 1. The molecule has 134 valence electrons. The first-order valence-corrected chi connectivity index (χ1v) is 9.30. The van der Waals surface area contributed by atoms with E-state index in [1.807, 2.05) is 0 Å². The van der Waals surface area contributed by atoms with E-state index in [0.29, 0.717) is 24.6 Å². The quantitative estimate of drug-likeness (QED) is 0.769. The highest BCUT2D eigenvalue weighted by Gasteiger charge is 2.26. The van der Waals surface area contributed by atoms with Gasteiger partial charge in [0.15, 0.2) is 11.5 Å². The average molecular weight is 356 g/mol. The number of amides is 1. The van der Waals surface area contributed by atoms with Gasteiger partial charge in [-0.1, -0.05) is 0 Å². The summed E-state index contributed by atoms with van der Waals surface area (Å²) in [5, 5.41) is 0. The molecule has 0 bridgehead atoms. The van der Waals surface area contributed by atoms with Gasteiger partial charge in [0.2, 0.25) is 15.9 Å². The first kappa shape index (κ1) is 18.5. The lowest BCUT2D eigenvalue weighted by Gasteiger charge is -2.28. The Labute approximate surface area is 143 Å². The highest BCUT2D eigenvalue weighted by atomic mass is 32.2. The zero-order chi connectivity index (χ0) is 17.7. The summed E-state index contributed by atoms with van der Waals surface area (Å²) in [6.07, 6.45) is 3.05. The third-order valence-electron chi connectivity index (χ3n) is 4.13. The third kappa shape index (κ3) is 3.99. The number of carbonyl (C=O) groups is 1. The molecule has 0 aliphatic carbocycles. The molecule has 0 N–H and O–H groups in total. The molecule has 2 rings (SSSR count). The van der Waals surface area contributed by atoms with E-state index in [1.165, 1.54) is 39.5 Å². The fraction of sp³-hybridized carbons (Fsp3) is 0.562. The molecule has 0 aromatic heterocycles. The molecule has 1 aromatic carbocycles. The van der Waals surface area contributed by atoms with Crippen molar-refractivity contribution in [3.63, 3.8) is 0 Å². The van der Waals surface area contributed by atoms with Crippen molar-refractivity contribution in [2.24, 2.45) is 0 Å². The Morgan fingerprint density at radius 3 is 2.33 bits per heavy atom. The minimum atomic E-state index is -3.78. The summed E-state index contributed by atoms with van der Waals surface area (Å²) in [7, 11) is 0.554. The standard InChI is InChI=1S/C16H24N2O5S/c1-17(12-16(19)18-9-5-4-6-10-18)24(20,21)13-7-8-14(22-2)15(11-13)23-3/h7-8,11H,4-6,9-10,12H2,1-3H3. The van der Waals surface area contributed by atoms with Crippen LogP contribution in [0.1, 0.15) is 19.3 Å². The van der Waals surface area contributed by atoms with E-state index in [4.69, 9.17) is 9.47 Å². The predicted molar refractivity (Wildman–Crippen MR) is 89.8 cm³/mol. The topological polar surface area (TPSA) is 76.2 Å². The van der Waals surface area contributed by atoms with Crippen molar-refractivity contribution in [2.45, 2.75) is 24.2 Å². The second kappa shape index (κ2) is 7.85. The van der Waals surface area contributed by atoms with Gasteiger partial charge in [-0.3, -0.25) is 4.79 Å². The van der Waals surface area contributed by atoms with Crippen molar-refractivity contribution in [2.75, 3.05) is 40.9 Å². The maximum atomic E-state index is 12.7. The average Bonchev–Trinajstić information content (AvgIpc) is 2.61. The van der Waals surface area contributed by atoms with Gasteiger partial charge in [-0.05, 0) is 31.4 Å². The van der Waals surface area contributed by atoms with Crippen molar-refractivity contribution in [3.8, 4) is 11.5 Å². The fourth-order valence-corrected chi connectivity index (χ4v) is 3.81. The van der Waals surface area contributed by atoms with E-state index in [2.05, 4.69) is 0 Å². The molecule has 0 unspecified atom stereocenters. The SMILES string of the molecule is COc1ccc(S(=O)(=O)N(C)CC(=O)N2CCCCC2)cc1OC. The molecule has 1 aromatic rings. The van der Waals surface area contributed by atoms with Crippen LogP contribution < -0.4 is 9.47 Å². The van der Waals surface area contributed by atoms with Crippen molar-refractivity contribution in [1.82, 2.24) is 9.21 Å². The smallest absolute Gasteiger partial charge is 0.243 e. The number of hydrogen-bond donors (Lipinski definition) is 0. The lowest BCUT2D eigenvalue weighted by molar-refractivity contribution is -0.132. The molecule has 1 fully saturated rings. The molecule has 1 aliphatic heterocycles. The number of likely N-dealkylation sites (tertiary alicyclic amines) is 1. The normalized spacial score (nSPS) is 15.4. The van der Waals surface area contributed by atoms with Crippen molar-refractivity contribution < 1.29 is 22.7 Å². The van der Waals surface area contributed by atoms with Crippen LogP contribution in [-0.4, -0.2) is 64.4 Å². The Morgan fingerprint density at radius 2 is 1.75 bits per heavy atom. The van der Waals surface area contributed by atoms with Crippen LogP contribution in [0, 0.1) is 0 Å². The van der Waals surface area contributed by atoms with Gasteiger partial charge in [0, 0.05) is 26.2 Å². The Bertz CT molecular complexity index is 684. The zero-order valence-corrected chi connectivity index (χ0v) is 15.1. The number of carbonyl (C=O) groups excluding carboxylic acids is 1. The minimum Gasteiger partial charge on any atom is -0.493 e.